The fraction of sp³-hybridized carbons (Fsp3) is 0.474. The van der Waals surface area contributed by atoms with Gasteiger partial charge in [0.2, 0.25) is 5.88 Å². The molecule has 1 aromatic heterocycles. The van der Waals surface area contributed by atoms with Crippen LogP contribution in [-0.2, 0) is 6.54 Å². The number of rotatable bonds is 4. The van der Waals surface area contributed by atoms with Gasteiger partial charge in [-0.15, -0.1) is 0 Å². The van der Waals surface area contributed by atoms with Crippen LogP contribution in [0.1, 0.15) is 24.8 Å². The Bertz CT molecular complexity index is 736. The molecule has 2 aliphatic rings. The molecule has 1 saturated heterocycles. The molecule has 138 valence electrons. The maximum Gasteiger partial charge on any atom is 0.232 e. The third kappa shape index (κ3) is 4.19. The van der Waals surface area contributed by atoms with Gasteiger partial charge in [-0.3, -0.25) is 9.88 Å². The van der Waals surface area contributed by atoms with Crippen molar-refractivity contribution in [3.63, 3.8) is 0 Å². The van der Waals surface area contributed by atoms with Crippen LogP contribution in [0.15, 0.2) is 30.7 Å². The molecule has 0 atom stereocenters. The van der Waals surface area contributed by atoms with Crippen molar-refractivity contribution in [2.24, 2.45) is 0 Å². The summed E-state index contributed by atoms with van der Waals surface area (Å²) in [6.45, 7) is 4.09. The molecule has 0 aliphatic carbocycles. The second-order valence-electron chi connectivity index (χ2n) is 6.59. The van der Waals surface area contributed by atoms with E-state index >= 15 is 0 Å². The number of likely N-dealkylation sites (tertiary alicyclic amines) is 1. The van der Waals surface area contributed by atoms with E-state index in [1.54, 1.807) is 18.6 Å². The van der Waals surface area contributed by atoms with Crippen LogP contribution in [0.25, 0.3) is 0 Å². The van der Waals surface area contributed by atoms with Crippen molar-refractivity contribution < 1.29 is 14.2 Å². The van der Waals surface area contributed by atoms with Crippen LogP contribution in [0, 0.1) is 0 Å². The summed E-state index contributed by atoms with van der Waals surface area (Å²) in [7, 11) is 0. The number of benzene rings is 1. The lowest BCUT2D eigenvalue weighted by atomic mass is 10.1. The van der Waals surface area contributed by atoms with Gasteiger partial charge in [0.1, 0.15) is 6.10 Å². The van der Waals surface area contributed by atoms with Crippen LogP contribution < -0.4 is 14.2 Å². The third-order valence-electron chi connectivity index (χ3n) is 4.63. The van der Waals surface area contributed by atoms with Gasteiger partial charge in [0.05, 0.1) is 24.4 Å². The molecule has 0 spiro atoms. The number of nitrogens with zero attached hydrogens (tertiary/aromatic N) is 3. The molecule has 4 rings (SSSR count). The Kier molecular flexibility index (Phi) is 5.41. The lowest BCUT2D eigenvalue weighted by Crippen LogP contribution is -2.37. The highest BCUT2D eigenvalue weighted by Crippen LogP contribution is 2.38. The van der Waals surface area contributed by atoms with Gasteiger partial charge in [-0.25, -0.2) is 4.98 Å². The molecule has 0 amide bonds. The fourth-order valence-electron chi connectivity index (χ4n) is 3.34. The Labute approximate surface area is 158 Å². The molecule has 0 saturated carbocycles. The Balaban J connectivity index is 1.34. The molecule has 6 nitrogen and oxygen atoms in total. The number of halogens is 1. The highest BCUT2D eigenvalue weighted by Gasteiger charge is 2.22. The quantitative estimate of drug-likeness (QED) is 0.817. The first kappa shape index (κ1) is 17.4. The highest BCUT2D eigenvalue weighted by molar-refractivity contribution is 6.32. The molecule has 1 fully saturated rings. The van der Waals surface area contributed by atoms with Crippen LogP contribution in [0.5, 0.6) is 17.4 Å². The zero-order chi connectivity index (χ0) is 17.8. The molecule has 0 unspecified atom stereocenters. The second kappa shape index (κ2) is 8.10. The Morgan fingerprint density at radius 3 is 2.81 bits per heavy atom. The number of piperidine rings is 1. The standard InChI is InChI=1S/C19H22ClN3O3/c20-16-10-14(11-17-19(16)25-9-1-8-24-17)13-23-6-2-15(3-7-23)26-18-12-21-4-5-22-18/h4-5,10-12,15H,1-3,6-9,13H2. The maximum atomic E-state index is 6.39. The highest BCUT2D eigenvalue weighted by atomic mass is 35.5. The molecule has 1 aromatic carbocycles. The van der Waals surface area contributed by atoms with E-state index in [9.17, 15) is 0 Å². The number of hydrogen-bond donors (Lipinski definition) is 0. The normalized spacial score (nSPS) is 18.3. The third-order valence-corrected chi connectivity index (χ3v) is 4.91. The molecular formula is C19H22ClN3O3. The summed E-state index contributed by atoms with van der Waals surface area (Å²) in [6.07, 6.45) is 7.96. The monoisotopic (exact) mass is 375 g/mol. The van der Waals surface area contributed by atoms with E-state index in [0.717, 1.165) is 50.2 Å². The predicted molar refractivity (Wildman–Crippen MR) is 98.0 cm³/mol. The Morgan fingerprint density at radius 2 is 2.00 bits per heavy atom. The fourth-order valence-corrected chi connectivity index (χ4v) is 3.62. The van der Waals surface area contributed by atoms with E-state index in [1.807, 2.05) is 6.07 Å². The first-order valence-corrected chi connectivity index (χ1v) is 9.39. The molecule has 3 heterocycles. The Hall–Kier alpha value is -2.05. The van der Waals surface area contributed by atoms with Gasteiger partial charge in [0.25, 0.3) is 0 Å². The van der Waals surface area contributed by atoms with Crippen molar-refractivity contribution in [1.82, 2.24) is 14.9 Å². The molecule has 0 bridgehead atoms. The van der Waals surface area contributed by atoms with Crippen LogP contribution in [-0.4, -0.2) is 47.3 Å². The van der Waals surface area contributed by atoms with Crippen molar-refractivity contribution in [3.8, 4) is 17.4 Å². The Morgan fingerprint density at radius 1 is 1.15 bits per heavy atom. The lowest BCUT2D eigenvalue weighted by Gasteiger charge is -2.32. The van der Waals surface area contributed by atoms with Gasteiger partial charge in [0.15, 0.2) is 11.5 Å². The average molecular weight is 376 g/mol. The van der Waals surface area contributed by atoms with E-state index in [-0.39, 0.29) is 6.10 Å². The van der Waals surface area contributed by atoms with Crippen molar-refractivity contribution in [2.45, 2.75) is 31.9 Å². The van der Waals surface area contributed by atoms with Gasteiger partial charge < -0.3 is 14.2 Å². The number of ether oxygens (including phenoxy) is 3. The lowest BCUT2D eigenvalue weighted by molar-refractivity contribution is 0.0928. The van der Waals surface area contributed by atoms with Crippen molar-refractivity contribution in [2.75, 3.05) is 26.3 Å². The molecular weight excluding hydrogens is 354 g/mol. The molecule has 2 aliphatic heterocycles. The van der Waals surface area contributed by atoms with Crippen molar-refractivity contribution in [1.29, 1.82) is 0 Å². The van der Waals surface area contributed by atoms with Crippen molar-refractivity contribution >= 4 is 11.6 Å². The van der Waals surface area contributed by atoms with Gasteiger partial charge in [-0.1, -0.05) is 11.6 Å². The van der Waals surface area contributed by atoms with Crippen LogP contribution in [0.4, 0.5) is 0 Å². The van der Waals surface area contributed by atoms with Crippen LogP contribution in [0.3, 0.4) is 0 Å². The van der Waals surface area contributed by atoms with E-state index in [0.29, 0.717) is 29.9 Å². The summed E-state index contributed by atoms with van der Waals surface area (Å²) < 4.78 is 17.4. The summed E-state index contributed by atoms with van der Waals surface area (Å²) in [5, 5.41) is 0.625. The topological polar surface area (TPSA) is 56.7 Å². The minimum atomic E-state index is 0.190. The van der Waals surface area contributed by atoms with E-state index in [4.69, 9.17) is 25.8 Å². The van der Waals surface area contributed by atoms with Gasteiger partial charge in [0, 0.05) is 38.4 Å². The van der Waals surface area contributed by atoms with Gasteiger partial charge >= 0.3 is 0 Å². The second-order valence-corrected chi connectivity index (χ2v) is 7.00. The molecule has 26 heavy (non-hydrogen) atoms. The largest absolute Gasteiger partial charge is 0.489 e. The van der Waals surface area contributed by atoms with Gasteiger partial charge in [-0.05, 0) is 30.5 Å². The summed E-state index contributed by atoms with van der Waals surface area (Å²) in [5.41, 5.74) is 1.15. The van der Waals surface area contributed by atoms with Crippen LogP contribution >= 0.6 is 11.6 Å². The minimum absolute atomic E-state index is 0.190. The minimum Gasteiger partial charge on any atom is -0.489 e. The van der Waals surface area contributed by atoms with Gasteiger partial charge in [-0.2, -0.15) is 0 Å². The number of hydrogen-bond acceptors (Lipinski definition) is 6. The van der Waals surface area contributed by atoms with E-state index < -0.39 is 0 Å². The molecule has 2 aromatic rings. The van der Waals surface area contributed by atoms with Crippen LogP contribution in [0.2, 0.25) is 5.02 Å². The predicted octanol–water partition coefficient (Wildman–Crippen LogP) is 3.33. The summed E-state index contributed by atoms with van der Waals surface area (Å²) in [5.74, 6) is 2.02. The SMILES string of the molecule is Clc1cc(CN2CCC(Oc3cnccn3)CC2)cc2c1OCCCO2. The molecule has 0 N–H and O–H groups in total. The number of aromatic nitrogens is 2. The summed E-state index contributed by atoms with van der Waals surface area (Å²) in [6, 6.07) is 4.03. The van der Waals surface area contributed by atoms with E-state index in [1.165, 1.54) is 0 Å². The maximum absolute atomic E-state index is 6.39. The zero-order valence-corrected chi connectivity index (χ0v) is 15.3. The summed E-state index contributed by atoms with van der Waals surface area (Å²) in [4.78, 5) is 10.6. The first-order valence-electron chi connectivity index (χ1n) is 9.01. The first-order chi connectivity index (χ1) is 12.8. The average Bonchev–Trinajstić information content (AvgIpc) is 2.90. The molecule has 0 radical (unpaired) electrons. The smallest absolute Gasteiger partial charge is 0.232 e. The number of fused-ring (bicyclic) bond motifs is 1. The van der Waals surface area contributed by atoms with Crippen molar-refractivity contribution in [3.05, 3.63) is 41.3 Å². The van der Waals surface area contributed by atoms with E-state index in [2.05, 4.69) is 20.9 Å². The molecule has 7 heteroatoms. The zero-order valence-electron chi connectivity index (χ0n) is 14.6. The summed E-state index contributed by atoms with van der Waals surface area (Å²) >= 11 is 6.39.